The molecule has 0 aromatic heterocycles. The number of hydrogen-bond acceptors (Lipinski definition) is 11. The summed E-state index contributed by atoms with van der Waals surface area (Å²) in [6.07, 6.45) is -1.58. The van der Waals surface area contributed by atoms with Crippen LogP contribution in [0.1, 0.15) is 71.6 Å². The van der Waals surface area contributed by atoms with Crippen molar-refractivity contribution in [3.8, 4) is 11.5 Å². The Kier molecular flexibility index (Phi) is 7.58. The van der Waals surface area contributed by atoms with Gasteiger partial charge in [-0.15, -0.1) is 0 Å². The number of carbonyl (C=O) groups excluding carboxylic acids is 3. The van der Waals surface area contributed by atoms with Crippen LogP contribution in [0, 0.1) is 0 Å². The van der Waals surface area contributed by atoms with Crippen LogP contribution in [0.5, 0.6) is 11.5 Å². The van der Waals surface area contributed by atoms with Crippen LogP contribution in [0.15, 0.2) is 35.6 Å². The molecule has 1 fully saturated rings. The third kappa shape index (κ3) is 4.60. The van der Waals surface area contributed by atoms with E-state index < -0.39 is 82.6 Å². The number of phenols is 2. The van der Waals surface area contributed by atoms with Gasteiger partial charge in [0.2, 0.25) is 5.78 Å². The van der Waals surface area contributed by atoms with E-state index in [9.17, 15) is 34.8 Å². The maximum Gasteiger partial charge on any atom is 0.202 e. The highest BCUT2D eigenvalue weighted by Gasteiger charge is 2.49. The number of methoxy groups -OCH3 is 1. The summed E-state index contributed by atoms with van der Waals surface area (Å²) < 4.78 is 17.1. The molecule has 3 aliphatic rings. The van der Waals surface area contributed by atoms with Gasteiger partial charge >= 0.3 is 0 Å². The van der Waals surface area contributed by atoms with Gasteiger partial charge in [-0.3, -0.25) is 14.4 Å². The topological polar surface area (TPSA) is 186 Å². The zero-order valence-corrected chi connectivity index (χ0v) is 22.2. The lowest BCUT2D eigenvalue weighted by Gasteiger charge is -2.42. The van der Waals surface area contributed by atoms with E-state index in [0.29, 0.717) is 0 Å². The summed E-state index contributed by atoms with van der Waals surface area (Å²) in [5, 5.41) is 44.1. The Labute approximate surface area is 225 Å². The number of carbonyl (C=O) groups is 3. The quantitative estimate of drug-likeness (QED) is 0.207. The molecule has 6 N–H and O–H groups in total. The van der Waals surface area contributed by atoms with Crippen molar-refractivity contribution in [2.45, 2.75) is 76.3 Å². The maximum atomic E-state index is 13.7. The summed E-state index contributed by atoms with van der Waals surface area (Å²) in [4.78, 5) is 39.6. The Bertz CT molecular complexity index is 1320. The molecule has 11 nitrogen and oxygen atoms in total. The number of Topliss-reactive ketones (excluding diaryl/α,β-unsaturated/α-hetero) is 3. The zero-order valence-electron chi connectivity index (χ0n) is 22.2. The minimum atomic E-state index is -2.02. The lowest BCUT2D eigenvalue weighted by Crippen LogP contribution is -2.52. The number of nitrogens with two attached hydrogens (primary N) is 1. The normalized spacial score (nSPS) is 32.2. The summed E-state index contributed by atoms with van der Waals surface area (Å²) in [5.41, 5.74) is 2.44. The number of phenolic OH excluding ortho intramolecular Hbond substituents is 2. The molecule has 4 rings (SSSR count). The predicted octanol–water partition coefficient (Wildman–Crippen LogP) is 1.66. The van der Waals surface area contributed by atoms with Crippen LogP contribution in [0.3, 0.4) is 0 Å². The molecule has 1 heterocycles. The Hall–Kier alpha value is -3.35. The van der Waals surface area contributed by atoms with E-state index in [0.717, 1.165) is 0 Å². The van der Waals surface area contributed by atoms with Crippen molar-refractivity contribution in [1.82, 2.24) is 0 Å². The van der Waals surface area contributed by atoms with Crippen molar-refractivity contribution in [3.05, 3.63) is 57.9 Å². The van der Waals surface area contributed by atoms with Gasteiger partial charge in [0, 0.05) is 42.0 Å². The second kappa shape index (κ2) is 10.3. The van der Waals surface area contributed by atoms with Crippen molar-refractivity contribution in [3.63, 3.8) is 0 Å². The average molecular weight is 544 g/mol. The SMILES string of the molecule is C=C1C(=O)c2c(O)c3c(c(O)c2C(=O)C1=C(C=CC)OC)C(OC1CC(N)C(O)C(C)O1)CC(O)(C(C)=O)C3. The fourth-order valence-electron chi connectivity index (χ4n) is 5.47. The smallest absolute Gasteiger partial charge is 0.202 e. The number of aromatic hydroxyl groups is 2. The van der Waals surface area contributed by atoms with Crippen LogP contribution in [-0.4, -0.2) is 75.0 Å². The van der Waals surface area contributed by atoms with Crippen molar-refractivity contribution in [2.24, 2.45) is 5.73 Å². The number of fused-ring (bicyclic) bond motifs is 2. The molecule has 1 saturated heterocycles. The number of ether oxygens (including phenoxy) is 3. The summed E-state index contributed by atoms with van der Waals surface area (Å²) in [6.45, 7) is 8.17. The third-order valence-corrected chi connectivity index (χ3v) is 7.67. The van der Waals surface area contributed by atoms with Gasteiger partial charge in [-0.05, 0) is 26.8 Å². The van der Waals surface area contributed by atoms with E-state index in [4.69, 9.17) is 19.9 Å². The van der Waals surface area contributed by atoms with Gasteiger partial charge < -0.3 is 40.4 Å². The number of rotatable bonds is 5. The van der Waals surface area contributed by atoms with E-state index in [1.54, 1.807) is 19.9 Å². The van der Waals surface area contributed by atoms with Crippen molar-refractivity contribution >= 4 is 17.3 Å². The fourth-order valence-corrected chi connectivity index (χ4v) is 5.47. The molecule has 1 aromatic carbocycles. The molecule has 6 atom stereocenters. The molecular weight excluding hydrogens is 510 g/mol. The molecule has 0 amide bonds. The van der Waals surface area contributed by atoms with E-state index in [1.165, 1.54) is 20.1 Å². The van der Waals surface area contributed by atoms with Gasteiger partial charge in [-0.2, -0.15) is 0 Å². The van der Waals surface area contributed by atoms with Gasteiger partial charge in [-0.25, -0.2) is 0 Å². The number of aliphatic hydroxyl groups is 2. The number of hydrogen-bond donors (Lipinski definition) is 5. The number of benzene rings is 1. The Morgan fingerprint density at radius 2 is 1.85 bits per heavy atom. The summed E-state index contributed by atoms with van der Waals surface area (Å²) in [7, 11) is 1.31. The van der Waals surface area contributed by atoms with Crippen molar-refractivity contribution < 1.29 is 49.0 Å². The van der Waals surface area contributed by atoms with E-state index in [-0.39, 0.29) is 40.9 Å². The Morgan fingerprint density at radius 1 is 1.21 bits per heavy atom. The van der Waals surface area contributed by atoms with Crippen LogP contribution >= 0.6 is 0 Å². The van der Waals surface area contributed by atoms with Crippen LogP contribution in [-0.2, 0) is 25.4 Å². The van der Waals surface area contributed by atoms with E-state index in [1.807, 2.05) is 0 Å². The average Bonchev–Trinajstić information content (AvgIpc) is 2.87. The largest absolute Gasteiger partial charge is 0.507 e. The first-order valence-electron chi connectivity index (χ1n) is 12.6. The summed E-state index contributed by atoms with van der Waals surface area (Å²) in [6, 6.07) is -0.698. The van der Waals surface area contributed by atoms with Crippen LogP contribution in [0.25, 0.3) is 0 Å². The zero-order chi connectivity index (χ0) is 29.0. The van der Waals surface area contributed by atoms with Crippen LogP contribution < -0.4 is 5.73 Å². The van der Waals surface area contributed by atoms with Crippen LogP contribution in [0.4, 0.5) is 0 Å². The molecule has 1 aromatic rings. The van der Waals surface area contributed by atoms with Gasteiger partial charge in [0.1, 0.15) is 22.9 Å². The molecule has 0 radical (unpaired) electrons. The monoisotopic (exact) mass is 543 g/mol. The third-order valence-electron chi connectivity index (χ3n) is 7.67. The van der Waals surface area contributed by atoms with Crippen molar-refractivity contribution in [2.75, 3.05) is 7.11 Å². The second-order valence-electron chi connectivity index (χ2n) is 10.2. The fraction of sp³-hybridized carbons (Fsp3) is 0.464. The molecule has 0 bridgehead atoms. The molecule has 0 spiro atoms. The molecule has 210 valence electrons. The first-order chi connectivity index (χ1) is 18.3. The Balaban J connectivity index is 1.93. The maximum absolute atomic E-state index is 13.7. The predicted molar refractivity (Wildman–Crippen MR) is 137 cm³/mol. The first-order valence-corrected chi connectivity index (χ1v) is 12.6. The highest BCUT2D eigenvalue weighted by Crippen LogP contribution is 2.52. The highest BCUT2D eigenvalue weighted by molar-refractivity contribution is 6.33. The van der Waals surface area contributed by atoms with Gasteiger partial charge in [-0.1, -0.05) is 12.7 Å². The minimum Gasteiger partial charge on any atom is -0.507 e. The molecule has 11 heteroatoms. The lowest BCUT2D eigenvalue weighted by molar-refractivity contribution is -0.247. The van der Waals surface area contributed by atoms with Gasteiger partial charge in [0.05, 0.1) is 42.1 Å². The highest BCUT2D eigenvalue weighted by atomic mass is 16.7. The van der Waals surface area contributed by atoms with Crippen molar-refractivity contribution in [1.29, 1.82) is 0 Å². The number of allylic oxidation sites excluding steroid dienone is 4. The van der Waals surface area contributed by atoms with Gasteiger partial charge in [0.25, 0.3) is 0 Å². The molecule has 2 aliphatic carbocycles. The lowest BCUT2D eigenvalue weighted by atomic mass is 9.71. The number of ketones is 3. The first kappa shape index (κ1) is 28.7. The van der Waals surface area contributed by atoms with Gasteiger partial charge in [0.15, 0.2) is 17.9 Å². The number of aliphatic hydroxyl groups excluding tert-OH is 1. The summed E-state index contributed by atoms with van der Waals surface area (Å²) in [5.74, 6) is -3.53. The Morgan fingerprint density at radius 3 is 2.41 bits per heavy atom. The van der Waals surface area contributed by atoms with E-state index >= 15 is 0 Å². The second-order valence-corrected chi connectivity index (χ2v) is 10.2. The molecule has 1 aliphatic heterocycles. The molecule has 39 heavy (non-hydrogen) atoms. The summed E-state index contributed by atoms with van der Waals surface area (Å²) >= 11 is 0. The molecule has 6 unspecified atom stereocenters. The van der Waals surface area contributed by atoms with Crippen LogP contribution in [0.2, 0.25) is 0 Å². The molecular formula is C28H33NO10. The minimum absolute atomic E-state index is 0.0407. The standard InChI is InChI=1S/C28H33NO10/c1-6-7-16(37-5)19-11(2)23(31)21-22(26(19)34)27(35)20-14(25(21)33)9-28(36,13(4)30)10-17(20)39-18-8-15(29)24(32)12(3)38-18/h6-7,12,15,17-18,24,32-33,35-36H,2,8-10,29H2,1,3-5H3. The van der Waals surface area contributed by atoms with E-state index in [2.05, 4.69) is 6.58 Å². The molecule has 0 saturated carbocycles.